The first-order chi connectivity index (χ1) is 9.17. The van der Waals surface area contributed by atoms with Crippen LogP contribution in [0.3, 0.4) is 0 Å². The number of hydrogen-bond acceptors (Lipinski definition) is 2. The van der Waals surface area contributed by atoms with Crippen molar-refractivity contribution in [1.82, 2.24) is 4.90 Å². The van der Waals surface area contributed by atoms with E-state index < -0.39 is 0 Å². The molecule has 1 fully saturated rings. The Morgan fingerprint density at radius 2 is 2.21 bits per heavy atom. The second-order valence-electron chi connectivity index (χ2n) is 5.19. The molecule has 0 aliphatic carbocycles. The molecule has 0 spiro atoms. The lowest BCUT2D eigenvalue weighted by Gasteiger charge is -2.30. The maximum Gasteiger partial charge on any atom is 0.0642 e. The standard InChI is InChI=1S/C15H22Cl2N2/c1-3-19-9-5-7-13(19)11-18(2)15-12(10-16)6-4-8-14(15)17/h4,6,8,13H,3,5,7,9-11H2,1-2H3. The third-order valence-corrected chi connectivity index (χ3v) is 4.58. The van der Waals surface area contributed by atoms with Gasteiger partial charge in [0.1, 0.15) is 0 Å². The maximum absolute atomic E-state index is 6.34. The van der Waals surface area contributed by atoms with Crippen LogP contribution in [0.2, 0.25) is 5.02 Å². The van der Waals surface area contributed by atoms with Crippen molar-refractivity contribution in [2.24, 2.45) is 0 Å². The van der Waals surface area contributed by atoms with Crippen molar-refractivity contribution < 1.29 is 0 Å². The Labute approximate surface area is 126 Å². The van der Waals surface area contributed by atoms with E-state index in [1.165, 1.54) is 19.4 Å². The molecule has 0 radical (unpaired) electrons. The molecular weight excluding hydrogens is 279 g/mol. The SMILES string of the molecule is CCN1CCCC1CN(C)c1c(Cl)cccc1CCl. The first-order valence-corrected chi connectivity index (χ1v) is 7.87. The summed E-state index contributed by atoms with van der Waals surface area (Å²) in [7, 11) is 2.11. The van der Waals surface area contributed by atoms with Crippen LogP contribution in [0.4, 0.5) is 5.69 Å². The Morgan fingerprint density at radius 1 is 1.42 bits per heavy atom. The van der Waals surface area contributed by atoms with E-state index in [0.29, 0.717) is 11.9 Å². The van der Waals surface area contributed by atoms with Gasteiger partial charge in [-0.2, -0.15) is 0 Å². The number of nitrogens with zero attached hydrogens (tertiary/aromatic N) is 2. The predicted molar refractivity (Wildman–Crippen MR) is 84.5 cm³/mol. The molecule has 2 nitrogen and oxygen atoms in total. The highest BCUT2D eigenvalue weighted by Gasteiger charge is 2.25. The average molecular weight is 301 g/mol. The van der Waals surface area contributed by atoms with Crippen LogP contribution in [0.25, 0.3) is 0 Å². The molecule has 2 rings (SSSR count). The van der Waals surface area contributed by atoms with Gasteiger partial charge in [-0.05, 0) is 37.6 Å². The van der Waals surface area contributed by atoms with Crippen LogP contribution in [0.1, 0.15) is 25.3 Å². The Morgan fingerprint density at radius 3 is 2.89 bits per heavy atom. The van der Waals surface area contributed by atoms with E-state index in [0.717, 1.165) is 29.4 Å². The van der Waals surface area contributed by atoms with E-state index in [1.807, 2.05) is 12.1 Å². The van der Waals surface area contributed by atoms with Crippen molar-refractivity contribution >= 4 is 28.9 Å². The summed E-state index contributed by atoms with van der Waals surface area (Å²) >= 11 is 12.4. The first-order valence-electron chi connectivity index (χ1n) is 6.96. The number of anilines is 1. The fraction of sp³-hybridized carbons (Fsp3) is 0.600. The Kier molecular flexibility index (Phi) is 5.37. The maximum atomic E-state index is 6.34. The Bertz CT molecular complexity index is 423. The molecule has 1 atom stereocenters. The van der Waals surface area contributed by atoms with Gasteiger partial charge in [-0.25, -0.2) is 0 Å². The van der Waals surface area contributed by atoms with Crippen LogP contribution < -0.4 is 4.90 Å². The van der Waals surface area contributed by atoms with E-state index in [-0.39, 0.29) is 0 Å². The number of hydrogen-bond donors (Lipinski definition) is 0. The number of benzene rings is 1. The summed E-state index contributed by atoms with van der Waals surface area (Å²) < 4.78 is 0. The highest BCUT2D eigenvalue weighted by Crippen LogP contribution is 2.31. The van der Waals surface area contributed by atoms with Gasteiger partial charge in [-0.1, -0.05) is 30.7 Å². The third kappa shape index (κ3) is 3.36. The van der Waals surface area contributed by atoms with Gasteiger partial charge in [0.25, 0.3) is 0 Å². The van der Waals surface area contributed by atoms with E-state index in [1.54, 1.807) is 0 Å². The fourth-order valence-electron chi connectivity index (χ4n) is 3.02. The minimum absolute atomic E-state index is 0.502. The van der Waals surface area contributed by atoms with Gasteiger partial charge >= 0.3 is 0 Å². The molecule has 1 unspecified atom stereocenters. The second kappa shape index (κ2) is 6.83. The van der Waals surface area contributed by atoms with E-state index in [4.69, 9.17) is 23.2 Å². The van der Waals surface area contributed by atoms with Crippen LogP contribution in [0.15, 0.2) is 18.2 Å². The quantitative estimate of drug-likeness (QED) is 0.759. The minimum atomic E-state index is 0.502. The molecule has 0 amide bonds. The summed E-state index contributed by atoms with van der Waals surface area (Å²) in [6.07, 6.45) is 2.58. The number of halogens is 2. The molecule has 1 aliphatic rings. The lowest BCUT2D eigenvalue weighted by molar-refractivity contribution is 0.270. The van der Waals surface area contributed by atoms with Crippen LogP contribution in [-0.4, -0.2) is 37.6 Å². The van der Waals surface area contributed by atoms with Gasteiger partial charge in [0.15, 0.2) is 0 Å². The van der Waals surface area contributed by atoms with Crippen LogP contribution in [0.5, 0.6) is 0 Å². The molecule has 0 aromatic heterocycles. The molecule has 0 bridgehead atoms. The summed E-state index contributed by atoms with van der Waals surface area (Å²) in [5, 5.41) is 0.793. The van der Waals surface area contributed by atoms with Gasteiger partial charge in [-0.15, -0.1) is 11.6 Å². The van der Waals surface area contributed by atoms with E-state index >= 15 is 0 Å². The lowest BCUT2D eigenvalue weighted by Crippen LogP contribution is -2.39. The molecule has 106 valence electrons. The van der Waals surface area contributed by atoms with Crippen LogP contribution in [0, 0.1) is 0 Å². The highest BCUT2D eigenvalue weighted by molar-refractivity contribution is 6.33. The summed E-state index contributed by atoms with van der Waals surface area (Å²) in [6.45, 7) is 5.60. The zero-order valence-electron chi connectivity index (χ0n) is 11.7. The van der Waals surface area contributed by atoms with Gasteiger partial charge in [0.05, 0.1) is 10.7 Å². The molecule has 0 N–H and O–H groups in total. The summed E-state index contributed by atoms with van der Waals surface area (Å²) in [4.78, 5) is 4.81. The van der Waals surface area contributed by atoms with Crippen LogP contribution >= 0.6 is 23.2 Å². The number of likely N-dealkylation sites (N-methyl/N-ethyl adjacent to an activating group) is 2. The molecule has 0 saturated carbocycles. The van der Waals surface area contributed by atoms with Gasteiger partial charge in [0, 0.05) is 25.5 Å². The Hall–Kier alpha value is -0.440. The number of rotatable bonds is 5. The summed E-state index contributed by atoms with van der Waals surface area (Å²) in [6, 6.07) is 6.59. The van der Waals surface area contributed by atoms with Gasteiger partial charge < -0.3 is 4.90 Å². The number of alkyl halides is 1. The molecule has 1 aliphatic heterocycles. The number of para-hydroxylation sites is 1. The predicted octanol–water partition coefficient (Wildman–Crippen LogP) is 4.00. The second-order valence-corrected chi connectivity index (χ2v) is 5.86. The largest absolute Gasteiger partial charge is 0.372 e. The van der Waals surface area contributed by atoms with Crippen molar-refractivity contribution in [3.8, 4) is 0 Å². The van der Waals surface area contributed by atoms with Crippen molar-refractivity contribution in [1.29, 1.82) is 0 Å². The zero-order valence-corrected chi connectivity index (χ0v) is 13.2. The summed E-state index contributed by atoms with van der Waals surface area (Å²) in [5.41, 5.74) is 2.19. The topological polar surface area (TPSA) is 6.48 Å². The summed E-state index contributed by atoms with van der Waals surface area (Å²) in [5.74, 6) is 0.502. The lowest BCUT2D eigenvalue weighted by atomic mass is 10.1. The van der Waals surface area contributed by atoms with Crippen molar-refractivity contribution in [2.45, 2.75) is 31.7 Å². The molecule has 1 aromatic rings. The van der Waals surface area contributed by atoms with Crippen LogP contribution in [-0.2, 0) is 5.88 Å². The van der Waals surface area contributed by atoms with Gasteiger partial charge in [0.2, 0.25) is 0 Å². The molecule has 19 heavy (non-hydrogen) atoms. The smallest absolute Gasteiger partial charge is 0.0642 e. The monoisotopic (exact) mass is 300 g/mol. The Balaban J connectivity index is 2.13. The zero-order chi connectivity index (χ0) is 13.8. The first kappa shape index (κ1) is 15.0. The van der Waals surface area contributed by atoms with E-state index in [9.17, 15) is 0 Å². The molecule has 1 saturated heterocycles. The third-order valence-electron chi connectivity index (χ3n) is 3.99. The van der Waals surface area contributed by atoms with E-state index in [2.05, 4.69) is 29.8 Å². The van der Waals surface area contributed by atoms with Crippen molar-refractivity contribution in [3.05, 3.63) is 28.8 Å². The molecule has 1 aromatic carbocycles. The average Bonchev–Trinajstić information content (AvgIpc) is 2.85. The van der Waals surface area contributed by atoms with Gasteiger partial charge in [-0.3, -0.25) is 4.90 Å². The molecule has 4 heteroatoms. The number of likely N-dealkylation sites (tertiary alicyclic amines) is 1. The molecular formula is C15H22Cl2N2. The molecule has 1 heterocycles. The van der Waals surface area contributed by atoms with Crippen molar-refractivity contribution in [3.63, 3.8) is 0 Å². The highest BCUT2D eigenvalue weighted by atomic mass is 35.5. The minimum Gasteiger partial charge on any atom is -0.372 e. The normalized spacial score (nSPS) is 19.9. The van der Waals surface area contributed by atoms with Crippen molar-refractivity contribution in [2.75, 3.05) is 31.6 Å². The fourth-order valence-corrected chi connectivity index (χ4v) is 3.57.